The number of ether oxygens (including phenoxy) is 7. The predicted octanol–water partition coefficient (Wildman–Crippen LogP) is -1.86. The molecule has 5 rings (SSSR count). The molecule has 9 N–H and O–H groups in total. The molecular formula is C32H40O18. The van der Waals surface area contributed by atoms with E-state index in [1.54, 1.807) is 0 Å². The molecule has 3 aliphatic rings. The summed E-state index contributed by atoms with van der Waals surface area (Å²) in [6, 6.07) is 6.68. The maximum absolute atomic E-state index is 13.1. The Kier molecular flexibility index (Phi) is 11.7. The highest BCUT2D eigenvalue weighted by molar-refractivity contribution is 6.02. The van der Waals surface area contributed by atoms with Crippen molar-refractivity contribution in [1.29, 1.82) is 0 Å². The van der Waals surface area contributed by atoms with Crippen LogP contribution in [0.4, 0.5) is 0 Å². The zero-order valence-corrected chi connectivity index (χ0v) is 26.8. The molecule has 0 saturated carbocycles. The van der Waals surface area contributed by atoms with Gasteiger partial charge in [0.25, 0.3) is 0 Å². The minimum absolute atomic E-state index is 0.100. The van der Waals surface area contributed by atoms with Crippen LogP contribution in [0.5, 0.6) is 28.7 Å². The number of aromatic hydroxyl groups is 2. The summed E-state index contributed by atoms with van der Waals surface area (Å²) in [5.41, 5.74) is 0.331. The van der Waals surface area contributed by atoms with Crippen molar-refractivity contribution >= 4 is 11.8 Å². The van der Waals surface area contributed by atoms with Crippen molar-refractivity contribution in [2.24, 2.45) is 0 Å². The van der Waals surface area contributed by atoms with Gasteiger partial charge in [-0.2, -0.15) is 0 Å². The molecule has 2 saturated heterocycles. The molecule has 3 aliphatic heterocycles. The molecule has 0 bridgehead atoms. The first-order valence-electron chi connectivity index (χ1n) is 15.6. The molecule has 12 atom stereocenters. The second-order valence-electron chi connectivity index (χ2n) is 12.2. The second kappa shape index (κ2) is 15.6. The normalized spacial score (nSPS) is 33.1. The Balaban J connectivity index is 1.38. The summed E-state index contributed by atoms with van der Waals surface area (Å²) < 4.78 is 39.0. The van der Waals surface area contributed by atoms with Gasteiger partial charge in [0.1, 0.15) is 78.3 Å². The van der Waals surface area contributed by atoms with E-state index in [-0.39, 0.29) is 41.4 Å². The SMILES string of the molecule is COc1cc(C2CC(=O)c3c(O)cc(O[C@@H]4O[C@H](CO)[C@@H](O)[C@H](O)[C@H]4O[C@@H]4O[C@H](COC(=O)CC(C)O)[C@@H](O)[C@H](O)[C@H]4O)cc3O2)ccc1O. The molecule has 3 heterocycles. The summed E-state index contributed by atoms with van der Waals surface area (Å²) in [5.74, 6) is -2.14. The van der Waals surface area contributed by atoms with E-state index in [0.29, 0.717) is 5.56 Å². The van der Waals surface area contributed by atoms with Crippen LogP contribution >= 0.6 is 0 Å². The van der Waals surface area contributed by atoms with Crippen molar-refractivity contribution in [3.8, 4) is 28.7 Å². The number of phenolic OH excluding ortho intramolecular Hbond substituents is 2. The van der Waals surface area contributed by atoms with Gasteiger partial charge in [-0.25, -0.2) is 0 Å². The van der Waals surface area contributed by atoms with Crippen LogP contribution in [0, 0.1) is 0 Å². The predicted molar refractivity (Wildman–Crippen MR) is 162 cm³/mol. The lowest BCUT2D eigenvalue weighted by molar-refractivity contribution is -0.358. The molecular weight excluding hydrogens is 672 g/mol. The van der Waals surface area contributed by atoms with Crippen LogP contribution in [0.1, 0.15) is 41.8 Å². The number of hydrogen-bond acceptors (Lipinski definition) is 18. The van der Waals surface area contributed by atoms with Gasteiger partial charge in [-0.05, 0) is 24.6 Å². The second-order valence-corrected chi connectivity index (χ2v) is 12.2. The van der Waals surface area contributed by atoms with Gasteiger partial charge in [0.15, 0.2) is 29.7 Å². The van der Waals surface area contributed by atoms with Gasteiger partial charge in [-0.1, -0.05) is 6.07 Å². The van der Waals surface area contributed by atoms with Crippen molar-refractivity contribution in [2.75, 3.05) is 20.3 Å². The Morgan fingerprint density at radius 2 is 1.62 bits per heavy atom. The lowest BCUT2D eigenvalue weighted by Gasteiger charge is -2.45. The van der Waals surface area contributed by atoms with Gasteiger partial charge in [0, 0.05) is 12.1 Å². The number of carbonyl (C=O) groups excluding carboxylic acids is 2. The molecule has 276 valence electrons. The van der Waals surface area contributed by atoms with Gasteiger partial charge in [-0.3, -0.25) is 9.59 Å². The molecule has 2 unspecified atom stereocenters. The molecule has 18 heteroatoms. The number of fused-ring (bicyclic) bond motifs is 1. The molecule has 0 aromatic heterocycles. The minimum Gasteiger partial charge on any atom is -0.507 e. The number of phenols is 2. The van der Waals surface area contributed by atoms with Gasteiger partial charge >= 0.3 is 5.97 Å². The van der Waals surface area contributed by atoms with E-state index in [2.05, 4.69) is 0 Å². The number of esters is 1. The zero-order valence-electron chi connectivity index (χ0n) is 26.8. The lowest BCUT2D eigenvalue weighted by Crippen LogP contribution is -2.65. The Bertz CT molecular complexity index is 1520. The molecule has 2 aromatic rings. The largest absolute Gasteiger partial charge is 0.507 e. The highest BCUT2D eigenvalue weighted by Gasteiger charge is 2.51. The fourth-order valence-electron chi connectivity index (χ4n) is 5.79. The van der Waals surface area contributed by atoms with E-state index < -0.39 is 104 Å². The van der Waals surface area contributed by atoms with Gasteiger partial charge < -0.3 is 79.1 Å². The van der Waals surface area contributed by atoms with Crippen LogP contribution in [-0.2, 0) is 23.7 Å². The molecule has 50 heavy (non-hydrogen) atoms. The van der Waals surface area contributed by atoms with Crippen LogP contribution in [0.25, 0.3) is 0 Å². The molecule has 2 aromatic carbocycles. The third-order valence-electron chi connectivity index (χ3n) is 8.46. The quantitative estimate of drug-likeness (QED) is 0.115. The van der Waals surface area contributed by atoms with Gasteiger partial charge in [-0.15, -0.1) is 0 Å². The monoisotopic (exact) mass is 712 g/mol. The Morgan fingerprint density at radius 3 is 2.30 bits per heavy atom. The number of rotatable bonds is 11. The molecule has 2 fully saturated rings. The van der Waals surface area contributed by atoms with E-state index in [0.717, 1.165) is 6.07 Å². The highest BCUT2D eigenvalue weighted by atomic mass is 16.8. The first-order chi connectivity index (χ1) is 23.7. The van der Waals surface area contributed by atoms with Crippen LogP contribution in [0.15, 0.2) is 30.3 Å². The first kappa shape index (κ1) is 37.4. The first-order valence-corrected chi connectivity index (χ1v) is 15.6. The summed E-state index contributed by atoms with van der Waals surface area (Å²) in [6.45, 7) is -0.0590. The number of hydrogen-bond donors (Lipinski definition) is 9. The van der Waals surface area contributed by atoms with Crippen LogP contribution in [0.2, 0.25) is 0 Å². The molecule has 0 amide bonds. The van der Waals surface area contributed by atoms with Gasteiger partial charge in [0.05, 0.1) is 32.7 Å². The summed E-state index contributed by atoms with van der Waals surface area (Å²) in [7, 11) is 1.35. The van der Waals surface area contributed by atoms with Crippen LogP contribution in [-0.4, -0.2) is 146 Å². The average Bonchev–Trinajstić information content (AvgIpc) is 3.06. The van der Waals surface area contributed by atoms with Crippen molar-refractivity contribution in [2.45, 2.75) is 93.4 Å². The average molecular weight is 713 g/mol. The Labute approximate surface area is 284 Å². The van der Waals surface area contributed by atoms with Crippen molar-refractivity contribution < 1.29 is 88.7 Å². The summed E-state index contributed by atoms with van der Waals surface area (Å²) >= 11 is 0. The fraction of sp³-hybridized carbons (Fsp3) is 0.562. The van der Waals surface area contributed by atoms with E-state index in [1.165, 1.54) is 38.3 Å². The molecule has 0 aliphatic carbocycles. The van der Waals surface area contributed by atoms with E-state index in [1.807, 2.05) is 0 Å². The van der Waals surface area contributed by atoms with Crippen molar-refractivity contribution in [3.05, 3.63) is 41.5 Å². The summed E-state index contributed by atoms with van der Waals surface area (Å²) in [5, 5.41) is 93.2. The number of benzene rings is 2. The number of aliphatic hydroxyl groups excluding tert-OH is 7. The molecule has 0 radical (unpaired) electrons. The molecule has 0 spiro atoms. The number of methoxy groups -OCH3 is 1. The standard InChI is InChI=1S/C32H40O18/c1-12(34)5-23(38)45-11-22-26(40)27(41)29(43)31(49-22)50-30-28(42)25(39)21(10-33)48-32(30)46-14-7-16(36)24-17(37)9-18(47-20(24)8-14)13-3-4-15(35)19(6-13)44-2/h3-4,6-8,12,18,21-22,25-36,39-43H,5,9-11H2,1-2H3/t12?,18?,21-,22-,25-,26-,27+,28+,29-,30-,31+,32-/m1/s1. The van der Waals surface area contributed by atoms with Crippen molar-refractivity contribution in [3.63, 3.8) is 0 Å². The van der Waals surface area contributed by atoms with E-state index in [4.69, 9.17) is 33.2 Å². The summed E-state index contributed by atoms with van der Waals surface area (Å²) in [6.07, 6.45) is -19.9. The van der Waals surface area contributed by atoms with Crippen molar-refractivity contribution in [1.82, 2.24) is 0 Å². The van der Waals surface area contributed by atoms with E-state index in [9.17, 15) is 55.5 Å². The van der Waals surface area contributed by atoms with Crippen LogP contribution < -0.4 is 14.2 Å². The minimum atomic E-state index is -1.95. The smallest absolute Gasteiger partial charge is 0.308 e. The fourth-order valence-corrected chi connectivity index (χ4v) is 5.79. The third-order valence-corrected chi connectivity index (χ3v) is 8.46. The number of carbonyl (C=O) groups is 2. The number of aliphatic hydroxyl groups is 7. The Hall–Kier alpha value is -3.82. The highest BCUT2D eigenvalue weighted by Crippen LogP contribution is 2.44. The maximum Gasteiger partial charge on any atom is 0.308 e. The molecule has 18 nitrogen and oxygen atoms in total. The number of ketones is 1. The maximum atomic E-state index is 13.1. The van der Waals surface area contributed by atoms with E-state index >= 15 is 0 Å². The number of Topliss-reactive ketones (excluding diaryl/α,β-unsaturated/α-hetero) is 1. The third kappa shape index (κ3) is 7.89. The lowest BCUT2D eigenvalue weighted by atomic mass is 9.95. The topological polar surface area (TPSA) is 281 Å². The van der Waals surface area contributed by atoms with Gasteiger partial charge in [0.2, 0.25) is 6.29 Å². The zero-order chi connectivity index (χ0) is 36.4. The summed E-state index contributed by atoms with van der Waals surface area (Å²) in [4.78, 5) is 25.0. The Morgan fingerprint density at radius 1 is 0.920 bits per heavy atom. The van der Waals surface area contributed by atoms with Crippen LogP contribution in [0.3, 0.4) is 0 Å².